The first-order chi connectivity index (χ1) is 14.2. The van der Waals surface area contributed by atoms with Gasteiger partial charge in [-0.25, -0.2) is 9.97 Å². The van der Waals surface area contributed by atoms with Crippen LogP contribution in [-0.2, 0) is 6.42 Å². The molecule has 3 aromatic heterocycles. The lowest BCUT2D eigenvalue weighted by molar-refractivity contribution is 0.537. The Balaban J connectivity index is 1.58. The van der Waals surface area contributed by atoms with Gasteiger partial charge in [-0.05, 0) is 53.8 Å². The highest BCUT2D eigenvalue weighted by Gasteiger charge is 2.30. The molecule has 1 fully saturated rings. The van der Waals surface area contributed by atoms with E-state index in [1.54, 1.807) is 23.7 Å². The molecule has 0 spiro atoms. The zero-order valence-corrected chi connectivity index (χ0v) is 16.8. The molecule has 0 bridgehead atoms. The van der Waals surface area contributed by atoms with Crippen LogP contribution in [0.5, 0.6) is 0 Å². The number of benzene rings is 1. The highest BCUT2D eigenvalue weighted by molar-refractivity contribution is 7.17. The van der Waals surface area contributed by atoms with Crippen LogP contribution in [0.25, 0.3) is 21.6 Å². The lowest BCUT2D eigenvalue weighted by Gasteiger charge is -2.21. The van der Waals surface area contributed by atoms with Crippen molar-refractivity contribution in [2.45, 2.75) is 37.3 Å². The molecule has 0 radical (unpaired) electrons. The fourth-order valence-electron chi connectivity index (χ4n) is 3.71. The lowest BCUT2D eigenvalue weighted by Crippen LogP contribution is -2.36. The van der Waals surface area contributed by atoms with Crippen LogP contribution in [0, 0.1) is 0 Å². The Morgan fingerprint density at radius 3 is 2.48 bits per heavy atom. The van der Waals surface area contributed by atoms with Gasteiger partial charge in [0.1, 0.15) is 0 Å². The Hall–Kier alpha value is -2.67. The lowest BCUT2D eigenvalue weighted by atomic mass is 9.97. The average molecular weight is 402 g/mol. The number of pyridine rings is 1. The number of hydrogen-bond donors (Lipinski definition) is 2. The summed E-state index contributed by atoms with van der Waals surface area (Å²) in [7, 11) is 0. The molecule has 2 unspecified atom stereocenters. The molecule has 29 heavy (non-hydrogen) atoms. The van der Waals surface area contributed by atoms with Crippen molar-refractivity contribution in [3.05, 3.63) is 77.1 Å². The summed E-state index contributed by atoms with van der Waals surface area (Å²) < 4.78 is 1.07. The monoisotopic (exact) mass is 401 g/mol. The number of nitrogens with two attached hydrogens (primary N) is 2. The van der Waals surface area contributed by atoms with Crippen molar-refractivity contribution in [3.63, 3.8) is 0 Å². The van der Waals surface area contributed by atoms with Crippen LogP contribution in [0.3, 0.4) is 0 Å². The van der Waals surface area contributed by atoms with E-state index < -0.39 is 0 Å². The van der Waals surface area contributed by atoms with Gasteiger partial charge in [0.2, 0.25) is 0 Å². The SMILES string of the molecule is NC(Cc1ccccc1)C(N)c1nc(-c2ccncc2)nc2c(C3CC3)csc12. The van der Waals surface area contributed by atoms with Crippen molar-refractivity contribution in [2.75, 3.05) is 0 Å². The molecule has 4 N–H and O–H groups in total. The molecule has 3 heterocycles. The van der Waals surface area contributed by atoms with Gasteiger partial charge in [0, 0.05) is 24.0 Å². The van der Waals surface area contributed by atoms with E-state index >= 15 is 0 Å². The van der Waals surface area contributed by atoms with Gasteiger partial charge in [0.25, 0.3) is 0 Å². The van der Waals surface area contributed by atoms with Gasteiger partial charge in [-0.2, -0.15) is 0 Å². The van der Waals surface area contributed by atoms with Gasteiger partial charge in [-0.15, -0.1) is 11.3 Å². The maximum atomic E-state index is 6.68. The van der Waals surface area contributed by atoms with Crippen molar-refractivity contribution >= 4 is 21.6 Å². The van der Waals surface area contributed by atoms with E-state index in [0.717, 1.165) is 21.5 Å². The zero-order valence-electron chi connectivity index (χ0n) is 16.0. The second-order valence-corrected chi connectivity index (χ2v) is 8.57. The summed E-state index contributed by atoms with van der Waals surface area (Å²) in [5, 5.41) is 2.23. The standard InChI is InChI=1S/C23H23N5S/c24-18(12-14-4-2-1-3-5-14)19(25)21-22-20(17(13-29-22)15-6-7-15)27-23(28-21)16-8-10-26-11-9-16/h1-5,8-11,13,15,18-19H,6-7,12,24-25H2. The second-order valence-electron chi connectivity index (χ2n) is 7.69. The Morgan fingerprint density at radius 2 is 1.76 bits per heavy atom. The quantitative estimate of drug-likeness (QED) is 0.505. The van der Waals surface area contributed by atoms with Crippen molar-refractivity contribution in [1.82, 2.24) is 15.0 Å². The predicted octanol–water partition coefficient (Wildman–Crippen LogP) is 4.20. The zero-order chi connectivity index (χ0) is 19.8. The molecular weight excluding hydrogens is 378 g/mol. The number of hydrogen-bond acceptors (Lipinski definition) is 6. The molecule has 1 aliphatic rings. The van der Waals surface area contributed by atoms with Crippen molar-refractivity contribution in [1.29, 1.82) is 0 Å². The molecule has 4 aromatic rings. The van der Waals surface area contributed by atoms with Crippen molar-refractivity contribution < 1.29 is 0 Å². The van der Waals surface area contributed by atoms with Crippen molar-refractivity contribution in [3.8, 4) is 11.4 Å². The molecule has 146 valence electrons. The number of thiophene rings is 1. The molecule has 5 rings (SSSR count). The third-order valence-electron chi connectivity index (χ3n) is 5.52. The van der Waals surface area contributed by atoms with E-state index in [9.17, 15) is 0 Å². The van der Waals surface area contributed by atoms with Gasteiger partial charge >= 0.3 is 0 Å². The highest BCUT2D eigenvalue weighted by Crippen LogP contribution is 2.46. The van der Waals surface area contributed by atoms with E-state index in [-0.39, 0.29) is 12.1 Å². The summed E-state index contributed by atoms with van der Waals surface area (Å²) >= 11 is 1.69. The molecule has 0 aliphatic heterocycles. The van der Waals surface area contributed by atoms with Crippen LogP contribution in [-0.4, -0.2) is 21.0 Å². The van der Waals surface area contributed by atoms with E-state index in [2.05, 4.69) is 22.5 Å². The normalized spacial score (nSPS) is 16.1. The Bertz CT molecular complexity index is 1120. The third kappa shape index (κ3) is 3.67. The minimum absolute atomic E-state index is 0.229. The summed E-state index contributed by atoms with van der Waals surface area (Å²) in [6.45, 7) is 0. The molecule has 1 aromatic carbocycles. The van der Waals surface area contributed by atoms with Gasteiger partial charge in [0.15, 0.2) is 5.82 Å². The van der Waals surface area contributed by atoms with Gasteiger partial charge in [-0.3, -0.25) is 4.98 Å². The van der Waals surface area contributed by atoms with Crippen LogP contribution >= 0.6 is 11.3 Å². The largest absolute Gasteiger partial charge is 0.326 e. The molecular formula is C23H23N5S. The minimum atomic E-state index is -0.369. The molecule has 0 amide bonds. The van der Waals surface area contributed by atoms with Gasteiger partial charge in [0.05, 0.1) is 22.0 Å². The van der Waals surface area contributed by atoms with E-state index in [1.165, 1.54) is 24.0 Å². The van der Waals surface area contributed by atoms with Gasteiger partial charge < -0.3 is 11.5 Å². The molecule has 5 nitrogen and oxygen atoms in total. The number of rotatable bonds is 6. The van der Waals surface area contributed by atoms with Crippen LogP contribution < -0.4 is 11.5 Å². The van der Waals surface area contributed by atoms with Crippen LogP contribution in [0.2, 0.25) is 0 Å². The fourth-order valence-corrected chi connectivity index (χ4v) is 4.84. The maximum Gasteiger partial charge on any atom is 0.160 e. The number of aromatic nitrogens is 3. The van der Waals surface area contributed by atoms with Crippen LogP contribution in [0.4, 0.5) is 0 Å². The van der Waals surface area contributed by atoms with Gasteiger partial charge in [-0.1, -0.05) is 30.3 Å². The van der Waals surface area contributed by atoms with E-state index in [0.29, 0.717) is 18.2 Å². The summed E-state index contributed by atoms with van der Waals surface area (Å²) in [5.41, 5.74) is 18.6. The third-order valence-corrected chi connectivity index (χ3v) is 6.53. The second kappa shape index (κ2) is 7.63. The first-order valence-electron chi connectivity index (χ1n) is 9.95. The summed E-state index contributed by atoms with van der Waals surface area (Å²) in [6, 6.07) is 13.5. The number of nitrogens with zero attached hydrogens (tertiary/aromatic N) is 3. The Kier molecular flexibility index (Phi) is 4.83. The summed E-state index contributed by atoms with van der Waals surface area (Å²) in [4.78, 5) is 13.9. The van der Waals surface area contributed by atoms with Crippen LogP contribution in [0.15, 0.2) is 60.2 Å². The summed E-state index contributed by atoms with van der Waals surface area (Å²) in [6.07, 6.45) is 6.70. The fraction of sp³-hybridized carbons (Fsp3) is 0.261. The van der Waals surface area contributed by atoms with Crippen molar-refractivity contribution in [2.24, 2.45) is 11.5 Å². The molecule has 2 atom stereocenters. The van der Waals surface area contributed by atoms with Crippen LogP contribution in [0.1, 0.15) is 41.6 Å². The number of fused-ring (bicyclic) bond motifs is 1. The predicted molar refractivity (Wildman–Crippen MR) is 118 cm³/mol. The highest BCUT2D eigenvalue weighted by atomic mass is 32.1. The Morgan fingerprint density at radius 1 is 1.00 bits per heavy atom. The molecule has 6 heteroatoms. The average Bonchev–Trinajstić information content (AvgIpc) is 3.52. The minimum Gasteiger partial charge on any atom is -0.326 e. The summed E-state index contributed by atoms with van der Waals surface area (Å²) in [5.74, 6) is 1.31. The molecule has 1 aliphatic carbocycles. The first-order valence-corrected chi connectivity index (χ1v) is 10.8. The maximum absolute atomic E-state index is 6.68. The molecule has 0 saturated heterocycles. The smallest absolute Gasteiger partial charge is 0.160 e. The topological polar surface area (TPSA) is 90.7 Å². The Labute approximate surface area is 173 Å². The molecule has 1 saturated carbocycles. The first kappa shape index (κ1) is 18.4. The van der Waals surface area contributed by atoms with E-state index in [4.69, 9.17) is 21.4 Å². The van der Waals surface area contributed by atoms with E-state index in [1.807, 2.05) is 30.3 Å².